The summed E-state index contributed by atoms with van der Waals surface area (Å²) in [6.07, 6.45) is 0.756. The van der Waals surface area contributed by atoms with Gasteiger partial charge in [0.1, 0.15) is 0 Å². The number of nitrogens with one attached hydrogen (secondary N) is 1. The normalized spacial score (nSPS) is 14.1. The molecule has 0 aliphatic carbocycles. The highest BCUT2D eigenvalue weighted by Gasteiger charge is 2.27. The van der Waals surface area contributed by atoms with Crippen molar-refractivity contribution in [2.24, 2.45) is 0 Å². The first kappa shape index (κ1) is 20.0. The second kappa shape index (κ2) is 8.62. The van der Waals surface area contributed by atoms with Gasteiger partial charge in [-0.05, 0) is 59.8 Å². The molecule has 1 aromatic heterocycles. The van der Waals surface area contributed by atoms with Crippen molar-refractivity contribution in [1.29, 1.82) is 0 Å². The molecule has 0 radical (unpaired) electrons. The van der Waals surface area contributed by atoms with Crippen molar-refractivity contribution in [3.8, 4) is 0 Å². The Morgan fingerprint density at radius 1 is 1.03 bits per heavy atom. The van der Waals surface area contributed by atoms with Crippen LogP contribution in [0.25, 0.3) is 0 Å². The van der Waals surface area contributed by atoms with Crippen molar-refractivity contribution in [2.75, 3.05) is 23.3 Å². The van der Waals surface area contributed by atoms with Gasteiger partial charge in [0, 0.05) is 31.0 Å². The lowest BCUT2D eigenvalue weighted by Crippen LogP contribution is -2.49. The number of thiophene rings is 1. The molecule has 2 aromatic carbocycles. The Morgan fingerprint density at radius 2 is 1.83 bits per heavy atom. The number of urea groups is 1. The molecule has 30 heavy (non-hydrogen) atoms. The summed E-state index contributed by atoms with van der Waals surface area (Å²) in [7, 11) is 0. The van der Waals surface area contributed by atoms with Gasteiger partial charge in [0.05, 0.1) is 4.88 Å². The van der Waals surface area contributed by atoms with Gasteiger partial charge in [-0.15, -0.1) is 11.3 Å². The lowest BCUT2D eigenvalue weighted by atomic mass is 10.1. The topological polar surface area (TPSA) is 52.7 Å². The molecular weight excluding hydrogens is 408 g/mol. The second-order valence-corrected chi connectivity index (χ2v) is 7.88. The summed E-state index contributed by atoms with van der Waals surface area (Å²) in [5.74, 6) is -2.00. The van der Waals surface area contributed by atoms with Crippen LogP contribution in [0.3, 0.4) is 0 Å². The Morgan fingerprint density at radius 3 is 2.53 bits per heavy atom. The van der Waals surface area contributed by atoms with Crippen LogP contribution in [-0.4, -0.2) is 29.9 Å². The number of carbonyl (C=O) groups is 2. The van der Waals surface area contributed by atoms with E-state index in [1.807, 2.05) is 11.4 Å². The van der Waals surface area contributed by atoms with Crippen molar-refractivity contribution >= 4 is 34.6 Å². The molecule has 1 N–H and O–H groups in total. The molecule has 1 aliphatic rings. The van der Waals surface area contributed by atoms with Crippen LogP contribution >= 0.6 is 11.3 Å². The predicted octanol–water partition coefficient (Wildman–Crippen LogP) is 5.11. The zero-order valence-electron chi connectivity index (χ0n) is 16.0. The average Bonchev–Trinajstić information content (AvgIpc) is 3.28. The SMILES string of the molecule is O=C(Nc1ccc(N2CCCN(Cc3ccc(F)c(F)c3)C2=O)cc1)c1cccs1. The van der Waals surface area contributed by atoms with Gasteiger partial charge in [-0.3, -0.25) is 9.69 Å². The molecule has 0 unspecified atom stereocenters. The van der Waals surface area contributed by atoms with E-state index in [2.05, 4.69) is 5.32 Å². The van der Waals surface area contributed by atoms with Gasteiger partial charge in [-0.25, -0.2) is 13.6 Å². The molecule has 5 nitrogen and oxygen atoms in total. The zero-order valence-corrected chi connectivity index (χ0v) is 16.8. The number of amides is 3. The van der Waals surface area contributed by atoms with E-state index in [0.717, 1.165) is 18.6 Å². The number of hydrogen-bond donors (Lipinski definition) is 1. The molecule has 0 atom stereocenters. The van der Waals surface area contributed by atoms with Crippen molar-refractivity contribution in [2.45, 2.75) is 13.0 Å². The summed E-state index contributed by atoms with van der Waals surface area (Å²) < 4.78 is 26.6. The van der Waals surface area contributed by atoms with Gasteiger partial charge >= 0.3 is 6.03 Å². The van der Waals surface area contributed by atoms with Crippen LogP contribution < -0.4 is 10.2 Å². The number of halogens is 2. The first-order valence-corrected chi connectivity index (χ1v) is 10.3. The first-order chi connectivity index (χ1) is 14.5. The molecule has 0 spiro atoms. The highest BCUT2D eigenvalue weighted by Crippen LogP contribution is 2.24. The van der Waals surface area contributed by atoms with E-state index in [9.17, 15) is 18.4 Å². The van der Waals surface area contributed by atoms with E-state index in [1.165, 1.54) is 17.4 Å². The third kappa shape index (κ3) is 4.33. The third-order valence-electron chi connectivity index (χ3n) is 4.85. The number of nitrogens with zero attached hydrogens (tertiary/aromatic N) is 2. The summed E-state index contributed by atoms with van der Waals surface area (Å²) in [4.78, 5) is 29.0. The van der Waals surface area contributed by atoms with Gasteiger partial charge in [-0.2, -0.15) is 0 Å². The summed E-state index contributed by atoms with van der Waals surface area (Å²) in [6, 6.07) is 14.1. The van der Waals surface area contributed by atoms with E-state index in [4.69, 9.17) is 0 Å². The van der Waals surface area contributed by atoms with Crippen molar-refractivity contribution in [3.63, 3.8) is 0 Å². The summed E-state index contributed by atoms with van der Waals surface area (Å²) in [5.41, 5.74) is 1.89. The van der Waals surface area contributed by atoms with Crippen LogP contribution in [0.2, 0.25) is 0 Å². The van der Waals surface area contributed by atoms with Gasteiger partial charge in [-0.1, -0.05) is 12.1 Å². The third-order valence-corrected chi connectivity index (χ3v) is 5.72. The van der Waals surface area contributed by atoms with Crippen LogP contribution in [0, 0.1) is 11.6 Å². The molecule has 8 heteroatoms. The lowest BCUT2D eigenvalue weighted by molar-refractivity contribution is 0.103. The summed E-state index contributed by atoms with van der Waals surface area (Å²) in [5, 5.41) is 4.67. The molecule has 1 saturated heterocycles. The first-order valence-electron chi connectivity index (χ1n) is 9.46. The Balaban J connectivity index is 1.43. The Hall–Kier alpha value is -3.26. The predicted molar refractivity (Wildman–Crippen MR) is 113 cm³/mol. The summed E-state index contributed by atoms with van der Waals surface area (Å²) in [6.45, 7) is 1.32. The number of carbonyl (C=O) groups excluding carboxylic acids is 2. The van der Waals surface area contributed by atoms with Crippen LogP contribution in [0.4, 0.5) is 25.0 Å². The summed E-state index contributed by atoms with van der Waals surface area (Å²) >= 11 is 1.36. The molecule has 2 heterocycles. The molecule has 3 aromatic rings. The van der Waals surface area contributed by atoms with Gasteiger partial charge in [0.25, 0.3) is 5.91 Å². The largest absolute Gasteiger partial charge is 0.324 e. The van der Waals surface area contributed by atoms with Crippen molar-refractivity contribution in [1.82, 2.24) is 4.90 Å². The van der Waals surface area contributed by atoms with E-state index in [-0.39, 0.29) is 18.5 Å². The molecule has 1 aliphatic heterocycles. The highest BCUT2D eigenvalue weighted by atomic mass is 32.1. The fourth-order valence-corrected chi connectivity index (χ4v) is 3.97. The van der Waals surface area contributed by atoms with Gasteiger partial charge < -0.3 is 10.2 Å². The smallest absolute Gasteiger partial charge is 0.321 e. The molecule has 0 bridgehead atoms. The van der Waals surface area contributed by atoms with Crippen LogP contribution in [0.1, 0.15) is 21.7 Å². The number of hydrogen-bond acceptors (Lipinski definition) is 3. The van der Waals surface area contributed by atoms with E-state index in [1.54, 1.807) is 40.1 Å². The van der Waals surface area contributed by atoms with E-state index >= 15 is 0 Å². The quantitative estimate of drug-likeness (QED) is 0.615. The van der Waals surface area contributed by atoms with Crippen molar-refractivity contribution < 1.29 is 18.4 Å². The Bertz CT molecular complexity index is 1050. The standard InChI is InChI=1S/C22H19F2N3O2S/c23-18-9-4-15(13-19(18)24)14-26-10-2-11-27(22(26)29)17-7-5-16(6-8-17)25-21(28)20-3-1-12-30-20/h1,3-9,12-13H,2,10-11,14H2,(H,25,28). The molecular formula is C22H19F2N3O2S. The Labute approximate surface area is 176 Å². The minimum Gasteiger partial charge on any atom is -0.321 e. The zero-order chi connectivity index (χ0) is 21.1. The van der Waals surface area contributed by atoms with Gasteiger partial charge in [0.15, 0.2) is 11.6 Å². The maximum atomic E-state index is 13.5. The maximum absolute atomic E-state index is 13.5. The van der Waals surface area contributed by atoms with Gasteiger partial charge in [0.2, 0.25) is 0 Å². The van der Waals surface area contributed by atoms with Crippen LogP contribution in [0.5, 0.6) is 0 Å². The number of anilines is 2. The molecule has 1 fully saturated rings. The van der Waals surface area contributed by atoms with E-state index < -0.39 is 11.6 Å². The highest BCUT2D eigenvalue weighted by molar-refractivity contribution is 7.12. The Kier molecular flexibility index (Phi) is 5.76. The van der Waals surface area contributed by atoms with Crippen LogP contribution in [-0.2, 0) is 6.54 Å². The van der Waals surface area contributed by atoms with Crippen molar-refractivity contribution in [3.05, 3.63) is 82.1 Å². The van der Waals surface area contributed by atoms with Crippen LogP contribution in [0.15, 0.2) is 60.0 Å². The minimum absolute atomic E-state index is 0.176. The molecule has 154 valence electrons. The minimum atomic E-state index is -0.922. The number of benzene rings is 2. The second-order valence-electron chi connectivity index (χ2n) is 6.94. The fourth-order valence-electron chi connectivity index (χ4n) is 3.35. The molecule has 4 rings (SSSR count). The monoisotopic (exact) mass is 427 g/mol. The lowest BCUT2D eigenvalue weighted by Gasteiger charge is -2.35. The van der Waals surface area contributed by atoms with E-state index in [0.29, 0.717) is 34.9 Å². The average molecular weight is 427 g/mol. The molecule has 3 amide bonds. The molecule has 0 saturated carbocycles. The maximum Gasteiger partial charge on any atom is 0.324 e. The number of rotatable bonds is 5. The fraction of sp³-hybridized carbons (Fsp3) is 0.182.